The molecule has 184 valence electrons. The summed E-state index contributed by atoms with van der Waals surface area (Å²) in [7, 11) is 0. The molecule has 36 heavy (non-hydrogen) atoms. The Hall–Kier alpha value is -4.48. The third kappa shape index (κ3) is 4.44. The van der Waals surface area contributed by atoms with Gasteiger partial charge >= 0.3 is 6.18 Å². The Kier molecular flexibility index (Phi) is 5.58. The van der Waals surface area contributed by atoms with Crippen LogP contribution in [0.3, 0.4) is 0 Å². The lowest BCUT2D eigenvalue weighted by molar-refractivity contribution is -0.137. The van der Waals surface area contributed by atoms with Crippen LogP contribution in [-0.2, 0) is 6.18 Å². The molecule has 2 N–H and O–H groups in total. The van der Waals surface area contributed by atoms with Crippen LogP contribution in [-0.4, -0.2) is 24.5 Å². The minimum absolute atomic E-state index is 0.0925. The number of ether oxygens (including phenoxy) is 1. The van der Waals surface area contributed by atoms with Gasteiger partial charge in [-0.1, -0.05) is 0 Å². The summed E-state index contributed by atoms with van der Waals surface area (Å²) >= 11 is 0. The zero-order valence-corrected chi connectivity index (χ0v) is 18.8. The van der Waals surface area contributed by atoms with Gasteiger partial charge in [-0.3, -0.25) is 0 Å². The Labute approximate surface area is 200 Å². The molecule has 0 unspecified atom stereocenters. The van der Waals surface area contributed by atoms with Gasteiger partial charge in [-0.2, -0.15) is 22.5 Å². The largest absolute Gasteiger partial charge is 0.433 e. The molecule has 12 heteroatoms. The number of H-pyrrole nitrogens is 1. The van der Waals surface area contributed by atoms with E-state index in [4.69, 9.17) is 4.74 Å². The lowest BCUT2D eigenvalue weighted by Gasteiger charge is -2.15. The zero-order valence-electron chi connectivity index (χ0n) is 18.8. The van der Waals surface area contributed by atoms with Gasteiger partial charge in [-0.15, -0.1) is 0 Å². The van der Waals surface area contributed by atoms with Crippen molar-refractivity contribution in [1.82, 2.24) is 24.5 Å². The van der Waals surface area contributed by atoms with Crippen molar-refractivity contribution in [1.29, 1.82) is 0 Å². The van der Waals surface area contributed by atoms with Crippen molar-refractivity contribution in [2.75, 3.05) is 5.32 Å². The van der Waals surface area contributed by atoms with Gasteiger partial charge in [0.1, 0.15) is 6.33 Å². The number of imidazole rings is 1. The van der Waals surface area contributed by atoms with Crippen molar-refractivity contribution in [3.8, 4) is 17.3 Å². The van der Waals surface area contributed by atoms with Crippen LogP contribution in [0.2, 0.25) is 0 Å². The standard InChI is InChI=1S/C24H17F5N6O/c1-12-5-17-18(33-12)3-4-19(20(17)25)36-23-21(26)22(30-10-31-23)34-15-6-14(24(27,28)29)7-16(8-15)35-9-13(2)32-11-35/h3-11,33H,1-2H3,(H,30,31,34). The zero-order chi connectivity index (χ0) is 25.6. The van der Waals surface area contributed by atoms with E-state index in [2.05, 4.69) is 25.3 Å². The number of alkyl halides is 3. The maximum atomic E-state index is 15.2. The first-order valence-electron chi connectivity index (χ1n) is 10.5. The van der Waals surface area contributed by atoms with E-state index in [1.165, 1.54) is 23.0 Å². The van der Waals surface area contributed by atoms with Gasteiger partial charge in [0, 0.05) is 34.2 Å². The van der Waals surface area contributed by atoms with Gasteiger partial charge in [0.15, 0.2) is 17.4 Å². The Balaban J connectivity index is 1.49. The third-order valence-corrected chi connectivity index (χ3v) is 5.32. The summed E-state index contributed by atoms with van der Waals surface area (Å²) in [5, 5.41) is 2.79. The summed E-state index contributed by atoms with van der Waals surface area (Å²) in [5.74, 6) is -3.16. The highest BCUT2D eigenvalue weighted by atomic mass is 19.4. The fourth-order valence-electron chi connectivity index (χ4n) is 3.68. The van der Waals surface area contributed by atoms with E-state index >= 15 is 4.39 Å². The van der Waals surface area contributed by atoms with E-state index in [9.17, 15) is 17.6 Å². The van der Waals surface area contributed by atoms with Crippen LogP contribution in [0, 0.1) is 25.5 Å². The van der Waals surface area contributed by atoms with E-state index in [1.807, 2.05) is 0 Å². The van der Waals surface area contributed by atoms with E-state index in [-0.39, 0.29) is 22.5 Å². The Morgan fingerprint density at radius 2 is 1.78 bits per heavy atom. The SMILES string of the molecule is Cc1cn(-c2cc(Nc3ncnc(Oc4ccc5[nH]c(C)cc5c4F)c3F)cc(C(F)(F)F)c2)cn1. The summed E-state index contributed by atoms with van der Waals surface area (Å²) < 4.78 is 77.4. The van der Waals surface area contributed by atoms with Gasteiger partial charge < -0.3 is 19.6 Å². The Morgan fingerprint density at radius 3 is 2.50 bits per heavy atom. The van der Waals surface area contributed by atoms with Crippen LogP contribution in [0.5, 0.6) is 11.6 Å². The average Bonchev–Trinajstić information content (AvgIpc) is 3.43. The van der Waals surface area contributed by atoms with Gasteiger partial charge in [0.2, 0.25) is 5.82 Å². The Morgan fingerprint density at radius 1 is 0.972 bits per heavy atom. The molecule has 0 bridgehead atoms. The summed E-state index contributed by atoms with van der Waals surface area (Å²) in [4.78, 5) is 14.5. The van der Waals surface area contributed by atoms with Crippen LogP contribution < -0.4 is 10.1 Å². The van der Waals surface area contributed by atoms with Gasteiger partial charge in [0.25, 0.3) is 5.88 Å². The normalized spacial score (nSPS) is 11.8. The minimum Gasteiger partial charge on any atom is -0.433 e. The molecule has 0 aliphatic carbocycles. The molecule has 0 saturated heterocycles. The van der Waals surface area contributed by atoms with E-state index < -0.39 is 35.1 Å². The van der Waals surface area contributed by atoms with Crippen molar-refractivity contribution >= 4 is 22.4 Å². The second kappa shape index (κ2) is 8.63. The molecule has 0 aliphatic rings. The number of halogens is 5. The molecule has 5 aromatic rings. The topological polar surface area (TPSA) is 80.6 Å². The highest BCUT2D eigenvalue weighted by Gasteiger charge is 2.31. The molecule has 3 aromatic heterocycles. The lowest BCUT2D eigenvalue weighted by Crippen LogP contribution is -2.08. The second-order valence-corrected chi connectivity index (χ2v) is 8.05. The predicted octanol–water partition coefficient (Wildman–Crippen LogP) is 6.59. The quantitative estimate of drug-likeness (QED) is 0.266. The van der Waals surface area contributed by atoms with Gasteiger partial charge in [-0.05, 0) is 50.2 Å². The molecule has 0 aliphatic heterocycles. The number of anilines is 2. The highest BCUT2D eigenvalue weighted by molar-refractivity contribution is 5.82. The minimum atomic E-state index is -4.66. The predicted molar refractivity (Wildman–Crippen MR) is 122 cm³/mol. The van der Waals surface area contributed by atoms with Crippen molar-refractivity contribution in [2.24, 2.45) is 0 Å². The molecule has 7 nitrogen and oxygen atoms in total. The number of nitrogens with zero attached hydrogens (tertiary/aromatic N) is 4. The van der Waals surface area contributed by atoms with Crippen LogP contribution >= 0.6 is 0 Å². The lowest BCUT2D eigenvalue weighted by atomic mass is 10.1. The fourth-order valence-corrected chi connectivity index (χ4v) is 3.68. The first kappa shape index (κ1) is 23.3. The molecule has 0 atom stereocenters. The molecule has 0 saturated carbocycles. The smallest absolute Gasteiger partial charge is 0.416 e. The van der Waals surface area contributed by atoms with E-state index in [0.29, 0.717) is 11.2 Å². The molecule has 2 aromatic carbocycles. The van der Waals surface area contributed by atoms with Crippen LogP contribution in [0.25, 0.3) is 16.6 Å². The maximum Gasteiger partial charge on any atom is 0.416 e. The molecule has 0 spiro atoms. The van der Waals surface area contributed by atoms with Crippen molar-refractivity contribution in [2.45, 2.75) is 20.0 Å². The summed E-state index contributed by atoms with van der Waals surface area (Å²) in [6.45, 7) is 3.45. The first-order valence-corrected chi connectivity index (χ1v) is 10.5. The van der Waals surface area contributed by atoms with Crippen molar-refractivity contribution in [3.05, 3.63) is 83.8 Å². The van der Waals surface area contributed by atoms with Crippen LogP contribution in [0.15, 0.2) is 55.2 Å². The number of hydrogen-bond donors (Lipinski definition) is 2. The van der Waals surface area contributed by atoms with Gasteiger partial charge in [-0.25, -0.2) is 14.4 Å². The molecule has 5 rings (SSSR count). The van der Waals surface area contributed by atoms with Crippen molar-refractivity contribution in [3.63, 3.8) is 0 Å². The molecule has 3 heterocycles. The summed E-state index contributed by atoms with van der Waals surface area (Å²) in [6, 6.07) is 7.60. The number of hydrogen-bond acceptors (Lipinski definition) is 5. The third-order valence-electron chi connectivity index (χ3n) is 5.32. The second-order valence-electron chi connectivity index (χ2n) is 8.05. The number of nitrogens with one attached hydrogen (secondary N) is 2. The number of aryl methyl sites for hydroxylation is 2. The summed E-state index contributed by atoms with van der Waals surface area (Å²) in [5.41, 5.74) is 0.965. The molecule has 0 radical (unpaired) electrons. The molecule has 0 amide bonds. The van der Waals surface area contributed by atoms with Crippen molar-refractivity contribution < 1.29 is 26.7 Å². The molecular formula is C24H17F5N6O. The number of aromatic nitrogens is 5. The summed E-state index contributed by atoms with van der Waals surface area (Å²) in [6.07, 6.45) is -0.796. The monoisotopic (exact) mass is 500 g/mol. The Bertz CT molecular complexity index is 1590. The van der Waals surface area contributed by atoms with Crippen LogP contribution in [0.1, 0.15) is 17.0 Å². The molecule has 0 fully saturated rings. The average molecular weight is 500 g/mol. The maximum absolute atomic E-state index is 15.2. The number of benzene rings is 2. The molecular weight excluding hydrogens is 483 g/mol. The number of aromatic amines is 1. The number of rotatable bonds is 5. The van der Waals surface area contributed by atoms with E-state index in [0.717, 1.165) is 24.2 Å². The fraction of sp³-hybridized carbons (Fsp3) is 0.125. The van der Waals surface area contributed by atoms with Crippen LogP contribution in [0.4, 0.5) is 33.5 Å². The van der Waals surface area contributed by atoms with Gasteiger partial charge in [0.05, 0.1) is 17.6 Å². The number of fused-ring (bicyclic) bond motifs is 1. The first-order chi connectivity index (χ1) is 17.1. The highest BCUT2D eigenvalue weighted by Crippen LogP contribution is 2.35. The van der Waals surface area contributed by atoms with E-state index in [1.54, 1.807) is 32.2 Å².